The summed E-state index contributed by atoms with van der Waals surface area (Å²) in [5.74, 6) is 0.883. The Balaban J connectivity index is 2.05. The average Bonchev–Trinajstić information content (AvgIpc) is 2.03. The third-order valence-electron chi connectivity index (χ3n) is 2.64. The minimum absolute atomic E-state index is 0.318. The molecular weight excluding hydrogens is 164 g/mol. The largest absolute Gasteiger partial charge is 0.342 e. The van der Waals surface area contributed by atoms with Crippen molar-refractivity contribution in [2.24, 2.45) is 11.7 Å². The summed E-state index contributed by atoms with van der Waals surface area (Å²) in [5, 5.41) is 0. The van der Waals surface area contributed by atoms with Crippen LogP contribution in [0.5, 0.6) is 0 Å². The van der Waals surface area contributed by atoms with Gasteiger partial charge in [-0.2, -0.15) is 0 Å². The fourth-order valence-corrected chi connectivity index (χ4v) is 1.61. The predicted molar refractivity (Wildman–Crippen MR) is 53.3 cm³/mol. The van der Waals surface area contributed by atoms with Crippen LogP contribution < -0.4 is 5.73 Å². The second-order valence-corrected chi connectivity index (χ2v) is 3.86. The van der Waals surface area contributed by atoms with Crippen molar-refractivity contribution < 1.29 is 4.79 Å². The third kappa shape index (κ3) is 2.99. The number of hydrogen-bond acceptors (Lipinski definition) is 2. The molecule has 2 N–H and O–H groups in total. The van der Waals surface area contributed by atoms with Crippen molar-refractivity contribution in [2.75, 3.05) is 19.6 Å². The summed E-state index contributed by atoms with van der Waals surface area (Å²) in [7, 11) is 0. The molecule has 1 fully saturated rings. The molecule has 1 heterocycles. The zero-order valence-electron chi connectivity index (χ0n) is 8.46. The Morgan fingerprint density at radius 3 is 2.69 bits per heavy atom. The zero-order valence-corrected chi connectivity index (χ0v) is 8.46. The molecule has 0 radical (unpaired) electrons. The number of amides is 1. The van der Waals surface area contributed by atoms with Gasteiger partial charge in [0, 0.05) is 25.4 Å². The first-order valence-electron chi connectivity index (χ1n) is 5.25. The molecule has 0 spiro atoms. The summed E-state index contributed by atoms with van der Waals surface area (Å²) in [6.45, 7) is 4.65. The van der Waals surface area contributed by atoms with Crippen LogP contribution in [0, 0.1) is 5.92 Å². The molecule has 0 saturated carbocycles. The summed E-state index contributed by atoms with van der Waals surface area (Å²) < 4.78 is 0. The zero-order chi connectivity index (χ0) is 9.68. The van der Waals surface area contributed by atoms with E-state index in [1.54, 1.807) is 0 Å². The number of hydrogen-bond donors (Lipinski definition) is 1. The normalized spacial score (nSPS) is 17.2. The maximum Gasteiger partial charge on any atom is 0.222 e. The Morgan fingerprint density at radius 2 is 2.15 bits per heavy atom. The molecule has 1 aliphatic heterocycles. The number of likely N-dealkylation sites (tertiary alicyclic amines) is 1. The number of nitrogens with zero attached hydrogens (tertiary/aromatic N) is 1. The monoisotopic (exact) mass is 184 g/mol. The summed E-state index contributed by atoms with van der Waals surface area (Å²) in [6, 6.07) is 0. The van der Waals surface area contributed by atoms with Crippen LogP contribution in [0.15, 0.2) is 0 Å². The maximum absolute atomic E-state index is 11.4. The van der Waals surface area contributed by atoms with Crippen LogP contribution in [0.2, 0.25) is 0 Å². The van der Waals surface area contributed by atoms with E-state index in [1.165, 1.54) is 12.8 Å². The highest BCUT2D eigenvalue weighted by molar-refractivity contribution is 5.76. The molecule has 0 atom stereocenters. The molecule has 3 heteroatoms. The first-order valence-corrected chi connectivity index (χ1v) is 5.25. The highest BCUT2D eigenvalue weighted by atomic mass is 16.2. The van der Waals surface area contributed by atoms with E-state index < -0.39 is 0 Å². The number of rotatable bonds is 5. The van der Waals surface area contributed by atoms with E-state index in [1.807, 2.05) is 4.90 Å². The molecule has 3 nitrogen and oxygen atoms in total. The summed E-state index contributed by atoms with van der Waals surface area (Å²) in [5.41, 5.74) is 5.48. The van der Waals surface area contributed by atoms with Crippen molar-refractivity contribution >= 4 is 5.91 Å². The molecule has 76 valence electrons. The van der Waals surface area contributed by atoms with E-state index in [0.717, 1.165) is 32.5 Å². The van der Waals surface area contributed by atoms with Crippen molar-refractivity contribution in [2.45, 2.75) is 32.6 Å². The maximum atomic E-state index is 11.4. The Kier molecular flexibility index (Phi) is 4.22. The SMILES string of the molecule is CCCCCC(=O)N1CC(CN)C1. The average molecular weight is 184 g/mol. The number of unbranched alkanes of at least 4 members (excludes halogenated alkanes) is 2. The van der Waals surface area contributed by atoms with E-state index in [2.05, 4.69) is 6.92 Å². The Hall–Kier alpha value is -0.570. The lowest BCUT2D eigenvalue weighted by Gasteiger charge is -2.38. The van der Waals surface area contributed by atoms with E-state index in [4.69, 9.17) is 5.73 Å². The number of carbonyl (C=O) groups excluding carboxylic acids is 1. The van der Waals surface area contributed by atoms with Gasteiger partial charge in [-0.05, 0) is 13.0 Å². The van der Waals surface area contributed by atoms with Crippen LogP contribution in [-0.4, -0.2) is 30.4 Å². The second-order valence-electron chi connectivity index (χ2n) is 3.86. The molecule has 13 heavy (non-hydrogen) atoms. The standard InChI is InChI=1S/C10H20N2O/c1-2-3-4-5-10(13)12-7-9(6-11)8-12/h9H,2-8,11H2,1H3. The van der Waals surface area contributed by atoms with Gasteiger partial charge in [-0.1, -0.05) is 19.8 Å². The van der Waals surface area contributed by atoms with Crippen LogP contribution in [0.25, 0.3) is 0 Å². The van der Waals surface area contributed by atoms with Gasteiger partial charge in [0.25, 0.3) is 0 Å². The van der Waals surface area contributed by atoms with Gasteiger partial charge in [-0.3, -0.25) is 4.79 Å². The summed E-state index contributed by atoms with van der Waals surface area (Å²) in [6.07, 6.45) is 4.11. The molecule has 0 aliphatic carbocycles. The van der Waals surface area contributed by atoms with Gasteiger partial charge >= 0.3 is 0 Å². The Bertz CT molecular complexity index is 164. The van der Waals surface area contributed by atoms with Gasteiger partial charge in [0.15, 0.2) is 0 Å². The highest BCUT2D eigenvalue weighted by Gasteiger charge is 2.28. The smallest absolute Gasteiger partial charge is 0.222 e. The van der Waals surface area contributed by atoms with E-state index in [9.17, 15) is 4.79 Å². The topological polar surface area (TPSA) is 46.3 Å². The van der Waals surface area contributed by atoms with Crippen molar-refractivity contribution in [3.63, 3.8) is 0 Å². The van der Waals surface area contributed by atoms with Crippen LogP contribution in [0.1, 0.15) is 32.6 Å². The Labute approximate surface area is 80.3 Å². The molecular formula is C10H20N2O. The predicted octanol–water partition coefficient (Wildman–Crippen LogP) is 0.984. The lowest BCUT2D eigenvalue weighted by atomic mass is 9.99. The van der Waals surface area contributed by atoms with E-state index >= 15 is 0 Å². The first kappa shape index (κ1) is 10.5. The van der Waals surface area contributed by atoms with Gasteiger partial charge < -0.3 is 10.6 Å². The van der Waals surface area contributed by atoms with Crippen LogP contribution in [0.4, 0.5) is 0 Å². The van der Waals surface area contributed by atoms with Gasteiger partial charge in [0.1, 0.15) is 0 Å². The first-order chi connectivity index (χ1) is 6.27. The molecule has 1 saturated heterocycles. The minimum atomic E-state index is 0.318. The number of nitrogens with two attached hydrogens (primary N) is 1. The summed E-state index contributed by atoms with van der Waals surface area (Å²) >= 11 is 0. The van der Waals surface area contributed by atoms with Crippen molar-refractivity contribution in [1.82, 2.24) is 4.90 Å². The molecule has 1 aliphatic rings. The fraction of sp³-hybridized carbons (Fsp3) is 0.900. The molecule has 0 aromatic rings. The molecule has 0 unspecified atom stereocenters. The van der Waals surface area contributed by atoms with Gasteiger partial charge in [-0.15, -0.1) is 0 Å². The quantitative estimate of drug-likeness (QED) is 0.647. The lowest BCUT2D eigenvalue weighted by Crippen LogP contribution is -2.52. The van der Waals surface area contributed by atoms with E-state index in [-0.39, 0.29) is 0 Å². The van der Waals surface area contributed by atoms with E-state index in [0.29, 0.717) is 11.8 Å². The van der Waals surface area contributed by atoms with Crippen LogP contribution in [0.3, 0.4) is 0 Å². The van der Waals surface area contributed by atoms with Crippen molar-refractivity contribution in [3.05, 3.63) is 0 Å². The third-order valence-corrected chi connectivity index (χ3v) is 2.64. The van der Waals surface area contributed by atoms with Crippen LogP contribution in [-0.2, 0) is 4.79 Å². The van der Waals surface area contributed by atoms with Crippen LogP contribution >= 0.6 is 0 Å². The molecule has 1 rings (SSSR count). The molecule has 1 amide bonds. The number of carbonyl (C=O) groups is 1. The minimum Gasteiger partial charge on any atom is -0.342 e. The van der Waals surface area contributed by atoms with Gasteiger partial charge in [-0.25, -0.2) is 0 Å². The molecule has 0 aromatic heterocycles. The Morgan fingerprint density at radius 1 is 1.46 bits per heavy atom. The van der Waals surface area contributed by atoms with Crippen molar-refractivity contribution in [3.8, 4) is 0 Å². The fourth-order valence-electron chi connectivity index (χ4n) is 1.61. The van der Waals surface area contributed by atoms with Gasteiger partial charge in [0.05, 0.1) is 0 Å². The molecule has 0 bridgehead atoms. The molecule has 0 aromatic carbocycles. The lowest BCUT2D eigenvalue weighted by molar-refractivity contribution is -0.137. The summed E-state index contributed by atoms with van der Waals surface area (Å²) in [4.78, 5) is 13.4. The van der Waals surface area contributed by atoms with Crippen molar-refractivity contribution in [1.29, 1.82) is 0 Å². The van der Waals surface area contributed by atoms with Gasteiger partial charge in [0.2, 0.25) is 5.91 Å². The highest BCUT2D eigenvalue weighted by Crippen LogP contribution is 2.16. The second kappa shape index (κ2) is 5.22.